The van der Waals surface area contributed by atoms with Crippen LogP contribution in [0.1, 0.15) is 38.5 Å². The minimum atomic E-state index is -4.79. The third kappa shape index (κ3) is 4.28. The Morgan fingerprint density at radius 2 is 1.74 bits per heavy atom. The van der Waals surface area contributed by atoms with Crippen molar-refractivity contribution < 1.29 is 27.4 Å². The highest BCUT2D eigenvalue weighted by Crippen LogP contribution is 2.52. The van der Waals surface area contributed by atoms with Gasteiger partial charge in [0.1, 0.15) is 5.75 Å². The SMILES string of the molecule is FC(F)(F)Oc1cccc(-c2nnc3c4c(c(N5CCCC6(CCNCC6)C5)nn23)OCC2(CC2)CO4)c1. The van der Waals surface area contributed by atoms with E-state index in [2.05, 4.69) is 25.2 Å². The molecule has 3 aromatic rings. The van der Waals surface area contributed by atoms with Crippen molar-refractivity contribution in [2.75, 3.05) is 44.3 Å². The zero-order valence-electron chi connectivity index (χ0n) is 20.9. The Morgan fingerprint density at radius 1 is 0.947 bits per heavy atom. The summed E-state index contributed by atoms with van der Waals surface area (Å²) >= 11 is 0. The minimum Gasteiger partial charge on any atom is -0.486 e. The molecule has 3 aliphatic heterocycles. The van der Waals surface area contributed by atoms with E-state index >= 15 is 0 Å². The van der Waals surface area contributed by atoms with Gasteiger partial charge in [0.05, 0.1) is 13.2 Å². The van der Waals surface area contributed by atoms with Crippen LogP contribution in [0.15, 0.2) is 24.3 Å². The molecule has 4 aliphatic rings. The fourth-order valence-corrected chi connectivity index (χ4v) is 6.05. The third-order valence-electron chi connectivity index (χ3n) is 8.40. The molecule has 1 saturated carbocycles. The predicted molar refractivity (Wildman–Crippen MR) is 132 cm³/mol. The van der Waals surface area contributed by atoms with Gasteiger partial charge in [0, 0.05) is 24.1 Å². The molecule has 1 aliphatic carbocycles. The zero-order chi connectivity index (χ0) is 26.0. The van der Waals surface area contributed by atoms with Crippen molar-refractivity contribution in [2.24, 2.45) is 10.8 Å². The van der Waals surface area contributed by atoms with Crippen LogP contribution in [-0.2, 0) is 0 Å². The van der Waals surface area contributed by atoms with Gasteiger partial charge >= 0.3 is 6.36 Å². The van der Waals surface area contributed by atoms with Crippen molar-refractivity contribution in [3.63, 3.8) is 0 Å². The molecule has 12 heteroatoms. The minimum absolute atomic E-state index is 0.0115. The van der Waals surface area contributed by atoms with E-state index in [9.17, 15) is 13.2 Å². The third-order valence-corrected chi connectivity index (χ3v) is 8.40. The van der Waals surface area contributed by atoms with Crippen LogP contribution in [0, 0.1) is 10.8 Å². The van der Waals surface area contributed by atoms with Crippen LogP contribution in [0.5, 0.6) is 17.2 Å². The highest BCUT2D eigenvalue weighted by atomic mass is 19.4. The number of nitrogens with zero attached hydrogens (tertiary/aromatic N) is 5. The Kier molecular flexibility index (Phi) is 5.40. The topological polar surface area (TPSA) is 86.0 Å². The van der Waals surface area contributed by atoms with Crippen molar-refractivity contribution in [1.29, 1.82) is 0 Å². The number of fused-ring (bicyclic) bond motifs is 3. The number of halogens is 3. The molecule has 3 fully saturated rings. The molecule has 5 heterocycles. The molecule has 1 aromatic carbocycles. The van der Waals surface area contributed by atoms with E-state index in [1.54, 1.807) is 10.6 Å². The summed E-state index contributed by atoms with van der Waals surface area (Å²) in [5.74, 6) is 1.72. The van der Waals surface area contributed by atoms with Crippen molar-refractivity contribution in [1.82, 2.24) is 25.1 Å². The largest absolute Gasteiger partial charge is 0.573 e. The number of anilines is 1. The molecule has 2 spiro atoms. The van der Waals surface area contributed by atoms with Gasteiger partial charge in [0.25, 0.3) is 0 Å². The first kappa shape index (κ1) is 23.8. The van der Waals surface area contributed by atoms with Gasteiger partial charge in [0.2, 0.25) is 17.1 Å². The monoisotopic (exact) mass is 530 g/mol. The van der Waals surface area contributed by atoms with E-state index in [-0.39, 0.29) is 16.6 Å². The van der Waals surface area contributed by atoms with Gasteiger partial charge in [-0.05, 0) is 69.2 Å². The van der Waals surface area contributed by atoms with E-state index in [1.165, 1.54) is 24.6 Å². The average Bonchev–Trinajstić information content (AvgIpc) is 3.59. The standard InChI is InChI=1S/C26H29F3N6O3/c27-26(28,29)38-18-4-1-3-17(13-18)21-31-32-22-19-20(37-16-25(6-7-25)15-36-19)23(33-35(21)22)34-12-2-5-24(14-34)8-10-30-11-9-24/h1,3-4,13,30H,2,5-12,14-16H2. The fourth-order valence-electron chi connectivity index (χ4n) is 6.05. The lowest BCUT2D eigenvalue weighted by Gasteiger charge is -2.46. The fraction of sp³-hybridized carbons (Fsp3) is 0.577. The lowest BCUT2D eigenvalue weighted by atomic mass is 9.73. The van der Waals surface area contributed by atoms with Crippen molar-refractivity contribution in [2.45, 2.75) is 44.9 Å². The van der Waals surface area contributed by atoms with Gasteiger partial charge in [-0.25, -0.2) is 0 Å². The van der Waals surface area contributed by atoms with Crippen LogP contribution in [-0.4, -0.2) is 65.6 Å². The molecular formula is C26H29F3N6O3. The number of piperidine rings is 2. The van der Waals surface area contributed by atoms with E-state index in [0.29, 0.717) is 47.6 Å². The number of ether oxygens (including phenoxy) is 3. The van der Waals surface area contributed by atoms with Crippen molar-refractivity contribution in [3.05, 3.63) is 24.3 Å². The van der Waals surface area contributed by atoms with E-state index in [4.69, 9.17) is 14.6 Å². The van der Waals surface area contributed by atoms with Gasteiger partial charge in [-0.1, -0.05) is 12.1 Å². The van der Waals surface area contributed by atoms with E-state index in [1.807, 2.05) is 0 Å². The summed E-state index contributed by atoms with van der Waals surface area (Å²) in [6.45, 7) is 4.79. The first-order valence-corrected chi connectivity index (χ1v) is 13.2. The van der Waals surface area contributed by atoms with Gasteiger partial charge in [0.15, 0.2) is 11.6 Å². The molecule has 0 atom stereocenters. The summed E-state index contributed by atoms with van der Waals surface area (Å²) in [6.07, 6.45) is 1.74. The number of hydrogen-bond acceptors (Lipinski definition) is 8. The average molecular weight is 531 g/mol. The maximum atomic E-state index is 12.9. The molecular weight excluding hydrogens is 501 g/mol. The summed E-state index contributed by atoms with van der Waals surface area (Å²) in [6, 6.07) is 5.69. The summed E-state index contributed by atoms with van der Waals surface area (Å²) in [5, 5.41) is 17.1. The highest BCUT2D eigenvalue weighted by Gasteiger charge is 2.48. The van der Waals surface area contributed by atoms with Gasteiger partial charge in [-0.3, -0.25) is 0 Å². The summed E-state index contributed by atoms with van der Waals surface area (Å²) in [4.78, 5) is 2.29. The second kappa shape index (κ2) is 8.62. The van der Waals surface area contributed by atoms with Gasteiger partial charge < -0.3 is 24.4 Å². The molecule has 0 unspecified atom stereocenters. The molecule has 38 heavy (non-hydrogen) atoms. The first-order chi connectivity index (χ1) is 18.3. The van der Waals surface area contributed by atoms with Gasteiger partial charge in [-0.15, -0.1) is 28.5 Å². The molecule has 1 N–H and O–H groups in total. The van der Waals surface area contributed by atoms with E-state index < -0.39 is 6.36 Å². The van der Waals surface area contributed by atoms with Crippen LogP contribution in [0.4, 0.5) is 19.0 Å². The second-order valence-corrected chi connectivity index (χ2v) is 11.2. The molecule has 9 nitrogen and oxygen atoms in total. The predicted octanol–water partition coefficient (Wildman–Crippen LogP) is 4.21. The lowest BCUT2D eigenvalue weighted by molar-refractivity contribution is -0.274. The van der Waals surface area contributed by atoms with Gasteiger partial charge in [-0.2, -0.15) is 4.52 Å². The van der Waals surface area contributed by atoms with Crippen LogP contribution >= 0.6 is 0 Å². The second-order valence-electron chi connectivity index (χ2n) is 11.2. The molecule has 202 valence electrons. The molecule has 7 rings (SSSR count). The summed E-state index contributed by atoms with van der Waals surface area (Å²) in [7, 11) is 0. The smallest absolute Gasteiger partial charge is 0.486 e. The number of aromatic nitrogens is 4. The van der Waals surface area contributed by atoms with Crippen molar-refractivity contribution in [3.8, 4) is 28.6 Å². The molecule has 0 bridgehead atoms. The van der Waals surface area contributed by atoms with Crippen molar-refractivity contribution >= 4 is 11.5 Å². The number of rotatable bonds is 3. The number of hydrogen-bond donors (Lipinski definition) is 1. The number of benzene rings is 1. The molecule has 0 radical (unpaired) electrons. The highest BCUT2D eigenvalue weighted by molar-refractivity contribution is 5.73. The Balaban J connectivity index is 1.33. The van der Waals surface area contributed by atoms with Crippen LogP contribution in [0.25, 0.3) is 17.0 Å². The Hall–Kier alpha value is -3.28. The Labute approximate surface area is 217 Å². The van der Waals surface area contributed by atoms with Crippen LogP contribution in [0.3, 0.4) is 0 Å². The summed E-state index contributed by atoms with van der Waals surface area (Å²) < 4.78 is 57.1. The first-order valence-electron chi connectivity index (χ1n) is 13.2. The maximum Gasteiger partial charge on any atom is 0.573 e. The molecule has 0 amide bonds. The number of alkyl halides is 3. The van der Waals surface area contributed by atoms with E-state index in [0.717, 1.165) is 58.3 Å². The van der Waals surface area contributed by atoms with Crippen LogP contribution in [0.2, 0.25) is 0 Å². The van der Waals surface area contributed by atoms with Crippen LogP contribution < -0.4 is 24.4 Å². The molecule has 2 aromatic heterocycles. The Morgan fingerprint density at radius 3 is 2.50 bits per heavy atom. The maximum absolute atomic E-state index is 12.9. The zero-order valence-corrected chi connectivity index (χ0v) is 20.9. The molecule has 2 saturated heterocycles. The Bertz CT molecular complexity index is 1360. The lowest BCUT2D eigenvalue weighted by Crippen LogP contribution is -2.49. The normalized spacial score (nSPS) is 22.0. The quantitative estimate of drug-likeness (QED) is 0.539. The summed E-state index contributed by atoms with van der Waals surface area (Å²) in [5.41, 5.74) is 1.01. The number of nitrogens with one attached hydrogen (secondary N) is 1.